The van der Waals surface area contributed by atoms with E-state index >= 15 is 0 Å². The van der Waals surface area contributed by atoms with E-state index in [1.54, 1.807) is 4.31 Å². The van der Waals surface area contributed by atoms with Gasteiger partial charge < -0.3 is 0 Å². The van der Waals surface area contributed by atoms with Crippen molar-refractivity contribution in [2.24, 2.45) is 0 Å². The van der Waals surface area contributed by atoms with Gasteiger partial charge in [0.2, 0.25) is 10.0 Å². The first-order valence-electron chi connectivity index (χ1n) is 4.24. The summed E-state index contributed by atoms with van der Waals surface area (Å²) in [5.41, 5.74) is 0. The highest BCUT2D eigenvalue weighted by Gasteiger charge is 2.42. The summed E-state index contributed by atoms with van der Waals surface area (Å²) < 4.78 is 24.8. The smallest absolute Gasteiger partial charge is 0.212 e. The van der Waals surface area contributed by atoms with Crippen molar-refractivity contribution in [2.75, 3.05) is 13.1 Å². The van der Waals surface area contributed by atoms with Gasteiger partial charge >= 0.3 is 0 Å². The van der Waals surface area contributed by atoms with Crippen LogP contribution in [0.2, 0.25) is 0 Å². The zero-order chi connectivity index (χ0) is 8.77. The molecule has 12 heavy (non-hydrogen) atoms. The van der Waals surface area contributed by atoms with E-state index in [2.05, 4.69) is 0 Å². The minimum atomic E-state index is -2.95. The zero-order valence-electron chi connectivity index (χ0n) is 6.74. The van der Waals surface area contributed by atoms with Crippen LogP contribution >= 0.6 is 11.6 Å². The summed E-state index contributed by atoms with van der Waals surface area (Å²) in [7, 11) is -2.95. The summed E-state index contributed by atoms with van der Waals surface area (Å²) in [5.74, 6) is 0. The molecule has 2 fully saturated rings. The molecule has 5 heteroatoms. The lowest BCUT2D eigenvalue weighted by molar-refractivity contribution is 0.476. The van der Waals surface area contributed by atoms with Crippen LogP contribution in [0.4, 0.5) is 0 Å². The number of sulfonamides is 1. The van der Waals surface area contributed by atoms with Gasteiger partial charge in [-0.05, 0) is 19.3 Å². The predicted molar refractivity (Wildman–Crippen MR) is 47.8 cm³/mol. The summed E-state index contributed by atoms with van der Waals surface area (Å²) in [6.07, 6.45) is 2.48. The Hall–Kier alpha value is 0.200. The highest BCUT2D eigenvalue weighted by atomic mass is 35.5. The monoisotopic (exact) mass is 209 g/mol. The van der Waals surface area contributed by atoms with E-state index in [0.29, 0.717) is 13.1 Å². The van der Waals surface area contributed by atoms with Crippen molar-refractivity contribution in [1.29, 1.82) is 0 Å². The highest BCUT2D eigenvalue weighted by Crippen LogP contribution is 2.33. The molecular weight excluding hydrogens is 198 g/mol. The largest absolute Gasteiger partial charge is 0.217 e. The van der Waals surface area contributed by atoms with Crippen molar-refractivity contribution >= 4 is 21.6 Å². The van der Waals surface area contributed by atoms with E-state index in [4.69, 9.17) is 11.6 Å². The lowest BCUT2D eigenvalue weighted by Crippen LogP contribution is -2.31. The fourth-order valence-electron chi connectivity index (χ4n) is 1.50. The van der Waals surface area contributed by atoms with E-state index in [1.165, 1.54) is 0 Å². The van der Waals surface area contributed by atoms with Crippen LogP contribution in [0, 0.1) is 0 Å². The third kappa shape index (κ3) is 1.47. The second-order valence-corrected chi connectivity index (χ2v) is 6.32. The molecule has 0 aromatic carbocycles. The fraction of sp³-hybridized carbons (Fsp3) is 1.00. The van der Waals surface area contributed by atoms with E-state index in [0.717, 1.165) is 19.3 Å². The first-order valence-corrected chi connectivity index (χ1v) is 6.17. The number of nitrogens with zero attached hydrogens (tertiary/aromatic N) is 1. The lowest BCUT2D eigenvalue weighted by Gasteiger charge is -2.14. The topological polar surface area (TPSA) is 37.4 Å². The van der Waals surface area contributed by atoms with Crippen LogP contribution in [0.3, 0.4) is 0 Å². The van der Waals surface area contributed by atoms with Gasteiger partial charge in [-0.15, -0.1) is 11.6 Å². The molecule has 70 valence electrons. The molecule has 0 aromatic heterocycles. The maximum Gasteiger partial charge on any atom is 0.217 e. The molecule has 1 heterocycles. The van der Waals surface area contributed by atoms with Crippen LogP contribution in [0.15, 0.2) is 0 Å². The van der Waals surface area contributed by atoms with Crippen LogP contribution in [0.25, 0.3) is 0 Å². The molecule has 0 N–H and O–H groups in total. The third-order valence-corrected chi connectivity index (χ3v) is 5.12. The lowest BCUT2D eigenvalue weighted by atomic mass is 10.4. The minimum absolute atomic E-state index is 0.0264. The first kappa shape index (κ1) is 8.78. The number of rotatable bonds is 2. The Morgan fingerprint density at radius 2 is 1.92 bits per heavy atom. The van der Waals surface area contributed by atoms with Crippen molar-refractivity contribution in [1.82, 2.24) is 4.31 Å². The maximum atomic E-state index is 11.6. The van der Waals surface area contributed by atoms with Gasteiger partial charge in [0.15, 0.2) is 0 Å². The van der Waals surface area contributed by atoms with Crippen LogP contribution in [-0.4, -0.2) is 36.4 Å². The molecule has 1 unspecified atom stereocenters. The molecule has 0 amide bonds. The average molecular weight is 210 g/mol. The summed E-state index contributed by atoms with van der Waals surface area (Å²) in [5, 5.41) is -0.0574. The number of hydrogen-bond donors (Lipinski definition) is 0. The minimum Gasteiger partial charge on any atom is -0.212 e. The Bertz CT molecular complexity index is 273. The number of halogens is 1. The molecule has 1 saturated carbocycles. The Balaban J connectivity index is 2.08. The Kier molecular flexibility index (Phi) is 2.09. The summed E-state index contributed by atoms with van der Waals surface area (Å²) in [4.78, 5) is 0. The van der Waals surface area contributed by atoms with Gasteiger partial charge in [0.05, 0.1) is 5.25 Å². The molecule has 0 radical (unpaired) electrons. The zero-order valence-corrected chi connectivity index (χ0v) is 8.31. The van der Waals surface area contributed by atoms with E-state index in [9.17, 15) is 8.42 Å². The van der Waals surface area contributed by atoms with E-state index < -0.39 is 10.0 Å². The molecule has 1 atom stereocenters. The first-order chi connectivity index (χ1) is 5.60. The predicted octanol–water partition coefficient (Wildman–Crippen LogP) is 0.792. The van der Waals surface area contributed by atoms with E-state index in [1.807, 2.05) is 0 Å². The molecule has 1 aliphatic heterocycles. The van der Waals surface area contributed by atoms with Gasteiger partial charge in [-0.25, -0.2) is 12.7 Å². The molecule has 1 aliphatic carbocycles. The second-order valence-electron chi connectivity index (χ2n) is 3.49. The number of hydrogen-bond acceptors (Lipinski definition) is 2. The van der Waals surface area contributed by atoms with Gasteiger partial charge in [0.25, 0.3) is 0 Å². The maximum absolute atomic E-state index is 11.6. The fourth-order valence-corrected chi connectivity index (χ4v) is 3.74. The van der Waals surface area contributed by atoms with Crippen molar-refractivity contribution in [3.8, 4) is 0 Å². The van der Waals surface area contributed by atoms with E-state index in [-0.39, 0.29) is 10.6 Å². The quantitative estimate of drug-likeness (QED) is 0.631. The van der Waals surface area contributed by atoms with Crippen LogP contribution in [0.5, 0.6) is 0 Å². The van der Waals surface area contributed by atoms with Crippen molar-refractivity contribution in [3.05, 3.63) is 0 Å². The van der Waals surface area contributed by atoms with Gasteiger partial charge in [-0.3, -0.25) is 0 Å². The molecule has 0 bridgehead atoms. The highest BCUT2D eigenvalue weighted by molar-refractivity contribution is 7.90. The Labute approximate surface area is 77.7 Å². The van der Waals surface area contributed by atoms with Gasteiger partial charge in [0, 0.05) is 18.5 Å². The molecule has 1 saturated heterocycles. The van der Waals surface area contributed by atoms with Crippen LogP contribution < -0.4 is 0 Å². The van der Waals surface area contributed by atoms with Crippen LogP contribution in [-0.2, 0) is 10.0 Å². The SMILES string of the molecule is O=S(=O)(C1CC1)N1CCC(Cl)C1. The Morgan fingerprint density at radius 3 is 2.33 bits per heavy atom. The molecular formula is C7H12ClNO2S. The standard InChI is InChI=1S/C7H12ClNO2S/c8-6-3-4-9(5-6)12(10,11)7-1-2-7/h6-7H,1-5H2. The molecule has 0 spiro atoms. The van der Waals surface area contributed by atoms with Crippen molar-refractivity contribution in [2.45, 2.75) is 29.9 Å². The normalized spacial score (nSPS) is 32.6. The average Bonchev–Trinajstić information content (AvgIpc) is 2.75. The Morgan fingerprint density at radius 1 is 1.25 bits per heavy atom. The molecule has 2 aliphatic rings. The molecule has 3 nitrogen and oxygen atoms in total. The summed E-state index contributed by atoms with van der Waals surface area (Å²) in [6, 6.07) is 0. The van der Waals surface area contributed by atoms with Gasteiger partial charge in [-0.2, -0.15) is 0 Å². The second kappa shape index (κ2) is 2.86. The number of alkyl halides is 1. The molecule has 2 rings (SSSR count). The van der Waals surface area contributed by atoms with Gasteiger partial charge in [0.1, 0.15) is 0 Å². The third-order valence-electron chi connectivity index (χ3n) is 2.40. The summed E-state index contributed by atoms with van der Waals surface area (Å²) in [6.45, 7) is 1.13. The van der Waals surface area contributed by atoms with Gasteiger partial charge in [-0.1, -0.05) is 0 Å². The summed E-state index contributed by atoms with van der Waals surface area (Å²) >= 11 is 5.83. The van der Waals surface area contributed by atoms with Crippen LogP contribution in [0.1, 0.15) is 19.3 Å². The molecule has 0 aromatic rings. The van der Waals surface area contributed by atoms with Crippen molar-refractivity contribution in [3.63, 3.8) is 0 Å². The van der Waals surface area contributed by atoms with Crippen molar-refractivity contribution < 1.29 is 8.42 Å².